The number of methoxy groups -OCH3 is 2. The number of hydrogen-bond donors (Lipinski definition) is 4. The first kappa shape index (κ1) is 21.1. The minimum absolute atomic E-state index is 0.294. The number of carbonyl (C=O) groups is 2. The Bertz CT molecular complexity index is 1040. The van der Waals surface area contributed by atoms with E-state index in [4.69, 9.17) is 9.47 Å². The van der Waals surface area contributed by atoms with Crippen molar-refractivity contribution in [2.45, 2.75) is 38.0 Å². The van der Waals surface area contributed by atoms with Gasteiger partial charge in [0.2, 0.25) is 11.8 Å². The van der Waals surface area contributed by atoms with Crippen LogP contribution in [-0.2, 0) is 15.1 Å². The number of ether oxygens (including phenoxy) is 2. The highest BCUT2D eigenvalue weighted by Gasteiger charge is 2.60. The van der Waals surface area contributed by atoms with Crippen molar-refractivity contribution in [3.8, 4) is 11.5 Å². The van der Waals surface area contributed by atoms with Gasteiger partial charge < -0.3 is 25.2 Å². The molecular formula is C23H27N3O5. The molecule has 31 heavy (non-hydrogen) atoms. The Balaban J connectivity index is 1.76. The zero-order valence-electron chi connectivity index (χ0n) is 18.0. The summed E-state index contributed by atoms with van der Waals surface area (Å²) in [6.07, 6.45) is -0.431. The average molecular weight is 425 g/mol. The fourth-order valence-electron chi connectivity index (χ4n) is 4.62. The van der Waals surface area contributed by atoms with Crippen molar-refractivity contribution >= 4 is 23.2 Å². The Hall–Kier alpha value is -3.10. The molecule has 1 spiro atoms. The molecule has 2 amide bonds. The summed E-state index contributed by atoms with van der Waals surface area (Å²) < 4.78 is 10.6. The molecule has 2 aliphatic rings. The molecule has 0 bridgehead atoms. The van der Waals surface area contributed by atoms with Gasteiger partial charge in [-0.3, -0.25) is 14.9 Å². The van der Waals surface area contributed by atoms with Crippen LogP contribution in [0.3, 0.4) is 0 Å². The van der Waals surface area contributed by atoms with Crippen LogP contribution in [0.25, 0.3) is 0 Å². The molecule has 2 aromatic rings. The van der Waals surface area contributed by atoms with E-state index < -0.39 is 23.6 Å². The van der Waals surface area contributed by atoms with E-state index in [0.29, 0.717) is 29.3 Å². The van der Waals surface area contributed by atoms with Crippen LogP contribution < -0.4 is 25.4 Å². The number of amides is 2. The fourth-order valence-corrected chi connectivity index (χ4v) is 4.62. The van der Waals surface area contributed by atoms with E-state index in [0.717, 1.165) is 11.1 Å². The molecule has 4 N–H and O–H groups in total. The number of rotatable bonds is 5. The van der Waals surface area contributed by atoms with Crippen LogP contribution in [-0.4, -0.2) is 43.3 Å². The van der Waals surface area contributed by atoms with Gasteiger partial charge in [0.15, 0.2) is 0 Å². The lowest BCUT2D eigenvalue weighted by Gasteiger charge is -2.29. The molecule has 0 aromatic heterocycles. The van der Waals surface area contributed by atoms with Gasteiger partial charge in [-0.1, -0.05) is 18.2 Å². The van der Waals surface area contributed by atoms with Crippen molar-refractivity contribution in [1.29, 1.82) is 0 Å². The minimum Gasteiger partial charge on any atom is -0.497 e. The van der Waals surface area contributed by atoms with Gasteiger partial charge in [-0.2, -0.15) is 0 Å². The van der Waals surface area contributed by atoms with Crippen molar-refractivity contribution in [2.24, 2.45) is 5.92 Å². The number of anilines is 2. The van der Waals surface area contributed by atoms with E-state index in [1.807, 2.05) is 25.1 Å². The van der Waals surface area contributed by atoms with Crippen molar-refractivity contribution in [1.82, 2.24) is 5.32 Å². The summed E-state index contributed by atoms with van der Waals surface area (Å²) in [5.74, 6) is -0.333. The van der Waals surface area contributed by atoms with E-state index in [-0.39, 0.29) is 11.8 Å². The second kappa shape index (κ2) is 7.86. The largest absolute Gasteiger partial charge is 0.497 e. The van der Waals surface area contributed by atoms with Gasteiger partial charge in [0, 0.05) is 23.4 Å². The van der Waals surface area contributed by atoms with E-state index in [9.17, 15) is 14.7 Å². The van der Waals surface area contributed by atoms with Gasteiger partial charge in [0.05, 0.1) is 31.9 Å². The first-order valence-corrected chi connectivity index (χ1v) is 10.2. The molecule has 1 saturated heterocycles. The molecule has 8 heteroatoms. The number of aliphatic hydroxyl groups is 1. The third-order valence-corrected chi connectivity index (χ3v) is 6.28. The lowest BCUT2D eigenvalue weighted by atomic mass is 9.79. The first-order valence-electron chi connectivity index (χ1n) is 10.2. The molecule has 0 saturated carbocycles. The lowest BCUT2D eigenvalue weighted by Crippen LogP contribution is -2.53. The molecule has 2 heterocycles. The highest BCUT2D eigenvalue weighted by atomic mass is 16.5. The molecule has 0 radical (unpaired) electrons. The highest BCUT2D eigenvalue weighted by molar-refractivity contribution is 6.11. The highest BCUT2D eigenvalue weighted by Crippen LogP contribution is 2.48. The molecule has 2 aromatic carbocycles. The third-order valence-electron chi connectivity index (χ3n) is 6.28. The molecule has 4 unspecified atom stereocenters. The molecule has 4 atom stereocenters. The van der Waals surface area contributed by atoms with Crippen LogP contribution in [0.2, 0.25) is 0 Å². The maximum absolute atomic E-state index is 13.5. The molecule has 8 nitrogen and oxygen atoms in total. The Kier molecular flexibility index (Phi) is 5.36. The summed E-state index contributed by atoms with van der Waals surface area (Å²) in [5.41, 5.74) is 1.53. The number of nitrogens with one attached hydrogen (secondary N) is 3. The molecule has 4 rings (SSSR count). The van der Waals surface area contributed by atoms with Gasteiger partial charge in [-0.25, -0.2) is 0 Å². The second-order valence-electron chi connectivity index (χ2n) is 8.09. The minimum atomic E-state index is -1.26. The number of para-hydroxylation sites is 1. The zero-order valence-corrected chi connectivity index (χ0v) is 18.0. The van der Waals surface area contributed by atoms with Gasteiger partial charge in [-0.15, -0.1) is 0 Å². The Morgan fingerprint density at radius 3 is 2.71 bits per heavy atom. The maximum atomic E-state index is 13.5. The summed E-state index contributed by atoms with van der Waals surface area (Å²) in [7, 11) is 3.06. The number of fused-ring (bicyclic) bond motifs is 2. The van der Waals surface area contributed by atoms with Gasteiger partial charge in [-0.05, 0) is 38.0 Å². The third kappa shape index (κ3) is 3.32. The first-order chi connectivity index (χ1) is 14.8. The van der Waals surface area contributed by atoms with Crippen LogP contribution in [0.1, 0.15) is 24.5 Å². The summed E-state index contributed by atoms with van der Waals surface area (Å²) in [6, 6.07) is 10.3. The van der Waals surface area contributed by atoms with Gasteiger partial charge >= 0.3 is 0 Å². The lowest BCUT2D eigenvalue weighted by molar-refractivity contribution is -0.130. The van der Waals surface area contributed by atoms with E-state index >= 15 is 0 Å². The Morgan fingerprint density at radius 2 is 2.03 bits per heavy atom. The van der Waals surface area contributed by atoms with Crippen LogP contribution in [0.5, 0.6) is 11.5 Å². The molecule has 164 valence electrons. The summed E-state index contributed by atoms with van der Waals surface area (Å²) >= 11 is 0. The van der Waals surface area contributed by atoms with E-state index in [1.54, 1.807) is 32.2 Å². The van der Waals surface area contributed by atoms with Crippen molar-refractivity contribution in [3.63, 3.8) is 0 Å². The second-order valence-corrected chi connectivity index (χ2v) is 8.09. The van der Waals surface area contributed by atoms with Crippen LogP contribution in [0.4, 0.5) is 11.4 Å². The predicted molar refractivity (Wildman–Crippen MR) is 116 cm³/mol. The van der Waals surface area contributed by atoms with Crippen molar-refractivity contribution in [3.05, 3.63) is 47.5 Å². The number of benzene rings is 2. The van der Waals surface area contributed by atoms with Crippen LogP contribution >= 0.6 is 0 Å². The molecular weight excluding hydrogens is 398 g/mol. The SMILES string of the molecule is COc1ccc(OC)c(NC(=O)C2CC(C(C)O)NC23C(=O)Nc2c(C)cccc23)c1. The smallest absolute Gasteiger partial charge is 0.250 e. The molecule has 0 aliphatic carbocycles. The maximum Gasteiger partial charge on any atom is 0.250 e. The van der Waals surface area contributed by atoms with E-state index in [1.165, 1.54) is 7.11 Å². The monoisotopic (exact) mass is 425 g/mol. The predicted octanol–water partition coefficient (Wildman–Crippen LogP) is 2.16. The zero-order chi connectivity index (χ0) is 22.3. The number of aryl methyl sites for hydroxylation is 1. The normalized spacial score (nSPS) is 25.1. The van der Waals surface area contributed by atoms with Crippen molar-refractivity contribution in [2.75, 3.05) is 24.9 Å². The van der Waals surface area contributed by atoms with E-state index in [2.05, 4.69) is 16.0 Å². The topological polar surface area (TPSA) is 109 Å². The van der Waals surface area contributed by atoms with Gasteiger partial charge in [0.25, 0.3) is 0 Å². The number of carbonyl (C=O) groups excluding carboxylic acids is 2. The number of hydrogen-bond acceptors (Lipinski definition) is 6. The average Bonchev–Trinajstić information content (AvgIpc) is 3.29. The summed E-state index contributed by atoms with van der Waals surface area (Å²) in [5, 5.41) is 19.4. The summed E-state index contributed by atoms with van der Waals surface area (Å²) in [4.78, 5) is 26.8. The van der Waals surface area contributed by atoms with Crippen LogP contribution in [0.15, 0.2) is 36.4 Å². The Labute approximate surface area is 180 Å². The summed E-state index contributed by atoms with van der Waals surface area (Å²) in [6.45, 7) is 3.57. The Morgan fingerprint density at radius 1 is 1.26 bits per heavy atom. The molecule has 1 fully saturated rings. The molecule has 2 aliphatic heterocycles. The standard InChI is InChI=1S/C23H27N3O5/c1-12-6-5-7-15-20(12)25-22(29)23(15)16(11-17(26-23)13(2)27)21(28)24-18-10-14(30-3)8-9-19(18)31-4/h5-10,13,16-17,26-27H,11H2,1-4H3,(H,24,28)(H,25,29). The van der Waals surface area contributed by atoms with Crippen molar-refractivity contribution < 1.29 is 24.2 Å². The van der Waals surface area contributed by atoms with Gasteiger partial charge in [0.1, 0.15) is 17.0 Å². The quantitative estimate of drug-likeness (QED) is 0.585. The fraction of sp³-hybridized carbons (Fsp3) is 0.391. The van der Waals surface area contributed by atoms with Crippen LogP contribution in [0, 0.1) is 12.8 Å². The number of aliphatic hydroxyl groups excluding tert-OH is 1.